The maximum absolute atomic E-state index is 13.1. The Kier molecular flexibility index (Phi) is 7.07. The zero-order valence-corrected chi connectivity index (χ0v) is 16.7. The number of furan rings is 2. The highest BCUT2D eigenvalue weighted by Crippen LogP contribution is 2.33. The van der Waals surface area contributed by atoms with Crippen LogP contribution in [0.1, 0.15) is 37.3 Å². The minimum atomic E-state index is -0.388. The van der Waals surface area contributed by atoms with Gasteiger partial charge in [0.25, 0.3) is 5.91 Å². The molecule has 0 saturated carbocycles. The molecule has 1 atom stereocenters. The Balaban J connectivity index is 1.77. The number of hydrazone groups is 1. The molecule has 156 valence electrons. The van der Waals surface area contributed by atoms with E-state index in [2.05, 4.69) is 10.4 Å². The summed E-state index contributed by atoms with van der Waals surface area (Å²) in [7, 11) is 1.55. The second-order valence-electron chi connectivity index (χ2n) is 6.64. The molecule has 2 aromatic heterocycles. The number of rotatable bonds is 9. The number of carbonyl (C=O) groups is 2. The second-order valence-corrected chi connectivity index (χ2v) is 6.64. The highest BCUT2D eigenvalue weighted by Gasteiger charge is 2.36. The minimum Gasteiger partial charge on any atom is -0.467 e. The third-order valence-corrected chi connectivity index (χ3v) is 4.55. The van der Waals surface area contributed by atoms with Crippen molar-refractivity contribution in [1.29, 1.82) is 0 Å². The largest absolute Gasteiger partial charge is 0.467 e. The lowest BCUT2D eigenvalue weighted by Crippen LogP contribution is -2.47. The first-order chi connectivity index (χ1) is 14.1. The topological polar surface area (TPSA) is 101 Å². The Morgan fingerprint density at radius 3 is 2.76 bits per heavy atom. The van der Waals surface area contributed by atoms with Crippen LogP contribution >= 0.6 is 0 Å². The SMILES string of the molecule is CCCNC(=O)N(CCOC)CC(=O)N1N=C(c2ccco2)CC1c1ccco1. The molecule has 3 amide bonds. The molecule has 0 radical (unpaired) electrons. The van der Waals surface area contributed by atoms with E-state index >= 15 is 0 Å². The fourth-order valence-electron chi connectivity index (χ4n) is 3.07. The van der Waals surface area contributed by atoms with Crippen LogP contribution in [0.5, 0.6) is 0 Å². The van der Waals surface area contributed by atoms with Crippen LogP contribution in [0, 0.1) is 0 Å². The highest BCUT2D eigenvalue weighted by molar-refractivity contribution is 6.01. The van der Waals surface area contributed by atoms with Crippen LogP contribution in [-0.4, -0.2) is 60.9 Å². The van der Waals surface area contributed by atoms with Crippen LogP contribution in [0.25, 0.3) is 0 Å². The lowest BCUT2D eigenvalue weighted by atomic mass is 10.1. The van der Waals surface area contributed by atoms with E-state index in [0.717, 1.165) is 6.42 Å². The molecule has 0 bridgehead atoms. The molecule has 9 heteroatoms. The van der Waals surface area contributed by atoms with Crippen molar-refractivity contribution >= 4 is 17.6 Å². The van der Waals surface area contributed by atoms with E-state index in [4.69, 9.17) is 13.6 Å². The van der Waals surface area contributed by atoms with Gasteiger partial charge in [0.2, 0.25) is 0 Å². The second kappa shape index (κ2) is 9.92. The van der Waals surface area contributed by atoms with Crippen LogP contribution < -0.4 is 5.32 Å². The van der Waals surface area contributed by atoms with Crippen LogP contribution in [0.2, 0.25) is 0 Å². The van der Waals surface area contributed by atoms with Gasteiger partial charge in [0.1, 0.15) is 29.8 Å². The molecule has 1 unspecified atom stereocenters. The van der Waals surface area contributed by atoms with E-state index in [9.17, 15) is 9.59 Å². The molecule has 1 N–H and O–H groups in total. The van der Waals surface area contributed by atoms with Crippen molar-refractivity contribution in [2.24, 2.45) is 5.10 Å². The van der Waals surface area contributed by atoms with E-state index in [1.165, 1.54) is 9.91 Å². The Morgan fingerprint density at radius 1 is 1.31 bits per heavy atom. The van der Waals surface area contributed by atoms with E-state index in [-0.39, 0.29) is 24.5 Å². The van der Waals surface area contributed by atoms with Crippen LogP contribution in [0.3, 0.4) is 0 Å². The van der Waals surface area contributed by atoms with Crippen molar-refractivity contribution in [1.82, 2.24) is 15.2 Å². The molecular weight excluding hydrogens is 376 g/mol. The van der Waals surface area contributed by atoms with Crippen LogP contribution in [-0.2, 0) is 9.53 Å². The zero-order chi connectivity index (χ0) is 20.6. The average molecular weight is 402 g/mol. The van der Waals surface area contributed by atoms with Gasteiger partial charge in [-0.2, -0.15) is 5.10 Å². The summed E-state index contributed by atoms with van der Waals surface area (Å²) < 4.78 is 16.0. The molecule has 0 aromatic carbocycles. The third-order valence-electron chi connectivity index (χ3n) is 4.55. The van der Waals surface area contributed by atoms with E-state index in [0.29, 0.717) is 43.3 Å². The standard InChI is InChI=1S/C20H26N4O5/c1-3-8-21-20(26)23(9-12-27-2)14-19(25)24-16(18-7-5-11-29-18)13-15(22-24)17-6-4-10-28-17/h4-7,10-11,16H,3,8-9,12-14H2,1-2H3,(H,21,26). The van der Waals surface area contributed by atoms with Crippen LogP contribution in [0.4, 0.5) is 4.79 Å². The summed E-state index contributed by atoms with van der Waals surface area (Å²) >= 11 is 0. The summed E-state index contributed by atoms with van der Waals surface area (Å²) in [6.45, 7) is 3.01. The molecule has 1 aliphatic heterocycles. The number of methoxy groups -OCH3 is 1. The van der Waals surface area contributed by atoms with Crippen molar-refractivity contribution < 1.29 is 23.2 Å². The summed E-state index contributed by atoms with van der Waals surface area (Å²) in [6, 6.07) is 6.46. The number of amides is 3. The van der Waals surface area contributed by atoms with E-state index < -0.39 is 0 Å². The first-order valence-electron chi connectivity index (χ1n) is 9.62. The van der Waals surface area contributed by atoms with Gasteiger partial charge in [0.15, 0.2) is 0 Å². The predicted octanol–water partition coefficient (Wildman–Crippen LogP) is 2.62. The van der Waals surface area contributed by atoms with E-state index in [1.807, 2.05) is 13.0 Å². The normalized spacial score (nSPS) is 16.0. The van der Waals surface area contributed by atoms with Gasteiger partial charge in [-0.05, 0) is 30.7 Å². The molecule has 0 fully saturated rings. The van der Waals surface area contributed by atoms with E-state index in [1.54, 1.807) is 37.8 Å². The fourth-order valence-corrected chi connectivity index (χ4v) is 3.07. The Bertz CT molecular complexity index is 816. The van der Waals surface area contributed by atoms with Crippen LogP contribution in [0.15, 0.2) is 50.7 Å². The fraction of sp³-hybridized carbons (Fsp3) is 0.450. The quantitative estimate of drug-likeness (QED) is 0.695. The summed E-state index contributed by atoms with van der Waals surface area (Å²) in [5, 5.41) is 8.66. The van der Waals surface area contributed by atoms with Gasteiger partial charge < -0.3 is 23.8 Å². The van der Waals surface area contributed by atoms with Gasteiger partial charge in [-0.3, -0.25) is 4.79 Å². The maximum Gasteiger partial charge on any atom is 0.317 e. The molecule has 3 rings (SSSR count). The summed E-state index contributed by atoms with van der Waals surface area (Å²) in [5.74, 6) is 0.923. The molecule has 1 aliphatic rings. The van der Waals surface area contributed by atoms with Gasteiger partial charge in [-0.15, -0.1) is 0 Å². The first kappa shape index (κ1) is 20.7. The van der Waals surface area contributed by atoms with Crippen molar-refractivity contribution in [3.63, 3.8) is 0 Å². The predicted molar refractivity (Wildman–Crippen MR) is 105 cm³/mol. The monoisotopic (exact) mass is 402 g/mol. The van der Waals surface area contributed by atoms with Gasteiger partial charge in [0, 0.05) is 26.6 Å². The number of nitrogens with zero attached hydrogens (tertiary/aromatic N) is 3. The van der Waals surface area contributed by atoms with Crippen molar-refractivity contribution in [2.45, 2.75) is 25.8 Å². The summed E-state index contributed by atoms with van der Waals surface area (Å²) in [4.78, 5) is 27.0. The Morgan fingerprint density at radius 2 is 2.10 bits per heavy atom. The number of urea groups is 1. The summed E-state index contributed by atoms with van der Waals surface area (Å²) in [6.07, 6.45) is 4.40. The molecule has 9 nitrogen and oxygen atoms in total. The number of nitrogens with one attached hydrogen (secondary N) is 1. The zero-order valence-electron chi connectivity index (χ0n) is 16.7. The Hall–Kier alpha value is -3.07. The number of carbonyl (C=O) groups excluding carboxylic acids is 2. The number of hydrogen-bond donors (Lipinski definition) is 1. The molecule has 0 aliphatic carbocycles. The van der Waals surface area contributed by atoms with Gasteiger partial charge in [0.05, 0.1) is 19.1 Å². The molecule has 29 heavy (non-hydrogen) atoms. The smallest absolute Gasteiger partial charge is 0.317 e. The molecule has 0 spiro atoms. The lowest BCUT2D eigenvalue weighted by Gasteiger charge is -2.26. The molecule has 2 aromatic rings. The Labute approximate surface area is 169 Å². The molecular formula is C20H26N4O5. The highest BCUT2D eigenvalue weighted by atomic mass is 16.5. The summed E-state index contributed by atoms with van der Waals surface area (Å²) in [5.41, 5.74) is 0.656. The van der Waals surface area contributed by atoms with Gasteiger partial charge >= 0.3 is 6.03 Å². The van der Waals surface area contributed by atoms with Crippen molar-refractivity contribution in [2.75, 3.05) is 33.4 Å². The number of hydrogen-bond acceptors (Lipinski definition) is 6. The molecule has 0 saturated heterocycles. The van der Waals surface area contributed by atoms with Gasteiger partial charge in [-0.25, -0.2) is 9.80 Å². The van der Waals surface area contributed by atoms with Crippen molar-refractivity contribution in [3.8, 4) is 0 Å². The molecule has 3 heterocycles. The maximum atomic E-state index is 13.1. The first-order valence-corrected chi connectivity index (χ1v) is 9.62. The minimum absolute atomic E-state index is 0.120. The third kappa shape index (κ3) is 5.05. The lowest BCUT2D eigenvalue weighted by molar-refractivity contribution is -0.134. The van der Waals surface area contributed by atoms with Crippen molar-refractivity contribution in [3.05, 3.63) is 48.3 Å². The van der Waals surface area contributed by atoms with Gasteiger partial charge in [-0.1, -0.05) is 6.92 Å². The average Bonchev–Trinajstić information content (AvgIpc) is 3.48. The number of ether oxygens (including phenoxy) is 1.